The topological polar surface area (TPSA) is 31.4 Å². The molecule has 1 aromatic heterocycles. The maximum Gasteiger partial charge on any atom is 0.213 e. The summed E-state index contributed by atoms with van der Waals surface area (Å²) in [4.78, 5) is 4.31. The Bertz CT molecular complexity index is 401. The van der Waals surface area contributed by atoms with E-state index >= 15 is 0 Å². The highest BCUT2D eigenvalue weighted by Gasteiger charge is 2.23. The Kier molecular flexibility index (Phi) is 5.10. The lowest BCUT2D eigenvalue weighted by atomic mass is 9.95. The number of hydrogen-bond donors (Lipinski definition) is 0. The van der Waals surface area contributed by atoms with Crippen molar-refractivity contribution in [2.45, 2.75) is 43.8 Å². The summed E-state index contributed by atoms with van der Waals surface area (Å²) in [6, 6.07) is 3.56. The minimum absolute atomic E-state index is 0.167. The van der Waals surface area contributed by atoms with Gasteiger partial charge in [0.15, 0.2) is 0 Å². The number of hydrogen-bond acceptors (Lipinski definition) is 3. The van der Waals surface area contributed by atoms with Gasteiger partial charge < -0.3 is 9.47 Å². The van der Waals surface area contributed by atoms with Crippen molar-refractivity contribution in [1.29, 1.82) is 0 Å². The molecule has 1 aromatic rings. The molecule has 100 valence electrons. The first kappa shape index (κ1) is 13.9. The van der Waals surface area contributed by atoms with E-state index in [4.69, 9.17) is 32.7 Å². The molecular weight excluding hydrogens is 273 g/mol. The van der Waals surface area contributed by atoms with Gasteiger partial charge in [-0.3, -0.25) is 0 Å². The van der Waals surface area contributed by atoms with Crippen LogP contribution in [0, 0.1) is 0 Å². The Hall–Kier alpha value is -0.510. The quantitative estimate of drug-likeness (QED) is 0.790. The van der Waals surface area contributed by atoms with Gasteiger partial charge in [-0.2, -0.15) is 0 Å². The highest BCUT2D eigenvalue weighted by atomic mass is 35.5. The number of pyridine rings is 1. The highest BCUT2D eigenvalue weighted by molar-refractivity contribution is 6.32. The van der Waals surface area contributed by atoms with E-state index in [9.17, 15) is 0 Å². The number of ether oxygens (including phenoxy) is 2. The van der Waals surface area contributed by atoms with Gasteiger partial charge in [-0.05, 0) is 25.3 Å². The Morgan fingerprint density at radius 1 is 1.33 bits per heavy atom. The zero-order chi connectivity index (χ0) is 13.0. The number of alkyl halides is 1. The van der Waals surface area contributed by atoms with Gasteiger partial charge in [-0.15, -0.1) is 11.6 Å². The molecule has 5 heteroatoms. The summed E-state index contributed by atoms with van der Waals surface area (Å²) in [6.07, 6.45) is 4.65. The molecule has 1 aliphatic rings. The molecule has 1 heterocycles. The zero-order valence-corrected chi connectivity index (χ0v) is 11.9. The molecule has 2 atom stereocenters. The largest absolute Gasteiger partial charge is 0.474 e. The van der Waals surface area contributed by atoms with Crippen LogP contribution in [0.1, 0.15) is 31.4 Å². The van der Waals surface area contributed by atoms with Crippen molar-refractivity contribution < 1.29 is 9.47 Å². The lowest BCUT2D eigenvalue weighted by Gasteiger charge is -2.28. The number of methoxy groups -OCH3 is 1. The van der Waals surface area contributed by atoms with E-state index in [0.29, 0.717) is 28.6 Å². The molecular formula is C13H17Cl2NO2. The van der Waals surface area contributed by atoms with E-state index in [0.717, 1.165) is 25.7 Å². The fourth-order valence-corrected chi connectivity index (χ4v) is 2.66. The van der Waals surface area contributed by atoms with Crippen molar-refractivity contribution in [2.75, 3.05) is 7.11 Å². The van der Waals surface area contributed by atoms with E-state index in [1.54, 1.807) is 19.2 Å². The molecule has 0 spiro atoms. The standard InChI is InChI=1S/C13H17Cl2NO2/c1-17-9-3-2-4-10(7-9)18-13-6-5-11(15)12(8-14)16-13/h5-6,9-10H,2-4,7-8H2,1H3. The number of halogens is 2. The van der Waals surface area contributed by atoms with Crippen molar-refractivity contribution in [3.8, 4) is 5.88 Å². The lowest BCUT2D eigenvalue weighted by molar-refractivity contribution is 0.0195. The van der Waals surface area contributed by atoms with Crippen molar-refractivity contribution in [3.63, 3.8) is 0 Å². The van der Waals surface area contributed by atoms with Gasteiger partial charge in [0.25, 0.3) is 0 Å². The van der Waals surface area contributed by atoms with Crippen LogP contribution in [-0.4, -0.2) is 24.3 Å². The van der Waals surface area contributed by atoms with Gasteiger partial charge in [0.2, 0.25) is 5.88 Å². The van der Waals surface area contributed by atoms with E-state index < -0.39 is 0 Å². The molecule has 2 unspecified atom stereocenters. The molecule has 1 fully saturated rings. The summed E-state index contributed by atoms with van der Waals surface area (Å²) in [7, 11) is 1.75. The van der Waals surface area contributed by atoms with Crippen LogP contribution < -0.4 is 4.74 Å². The Morgan fingerprint density at radius 3 is 2.83 bits per heavy atom. The Labute approximate surface area is 117 Å². The molecule has 0 aromatic carbocycles. The molecule has 0 bridgehead atoms. The van der Waals surface area contributed by atoms with Gasteiger partial charge in [0, 0.05) is 19.6 Å². The summed E-state index contributed by atoms with van der Waals surface area (Å²) in [5.74, 6) is 0.887. The van der Waals surface area contributed by atoms with E-state index in [-0.39, 0.29) is 6.10 Å². The van der Waals surface area contributed by atoms with Crippen LogP contribution in [0.4, 0.5) is 0 Å². The third-order valence-corrected chi connectivity index (χ3v) is 3.82. The molecule has 0 radical (unpaired) electrons. The van der Waals surface area contributed by atoms with E-state index in [1.807, 2.05) is 0 Å². The predicted molar refractivity (Wildman–Crippen MR) is 72.5 cm³/mol. The molecule has 0 aliphatic heterocycles. The van der Waals surface area contributed by atoms with Crippen LogP contribution in [0.5, 0.6) is 5.88 Å². The minimum Gasteiger partial charge on any atom is -0.474 e. The first-order valence-corrected chi connectivity index (χ1v) is 7.05. The molecule has 3 nitrogen and oxygen atoms in total. The first-order valence-electron chi connectivity index (χ1n) is 6.13. The molecule has 0 saturated heterocycles. The summed E-state index contributed by atoms with van der Waals surface area (Å²) >= 11 is 11.7. The Balaban J connectivity index is 2.00. The van der Waals surface area contributed by atoms with Crippen LogP contribution in [0.15, 0.2) is 12.1 Å². The molecule has 1 saturated carbocycles. The smallest absolute Gasteiger partial charge is 0.213 e. The van der Waals surface area contributed by atoms with E-state index in [1.165, 1.54) is 0 Å². The second-order valence-electron chi connectivity index (χ2n) is 4.48. The van der Waals surface area contributed by atoms with Gasteiger partial charge >= 0.3 is 0 Å². The SMILES string of the molecule is COC1CCCC(Oc2ccc(Cl)c(CCl)n2)C1. The Morgan fingerprint density at radius 2 is 2.11 bits per heavy atom. The lowest BCUT2D eigenvalue weighted by Crippen LogP contribution is -2.29. The minimum atomic E-state index is 0.167. The maximum atomic E-state index is 5.96. The fraction of sp³-hybridized carbons (Fsp3) is 0.615. The molecule has 0 amide bonds. The summed E-state index contributed by atoms with van der Waals surface area (Å²) in [6.45, 7) is 0. The molecule has 1 aliphatic carbocycles. The fourth-order valence-electron chi connectivity index (χ4n) is 2.22. The number of rotatable bonds is 4. The van der Waals surface area contributed by atoms with Crippen LogP contribution in [0.2, 0.25) is 5.02 Å². The van der Waals surface area contributed by atoms with Crippen LogP contribution in [0.3, 0.4) is 0 Å². The van der Waals surface area contributed by atoms with Crippen molar-refractivity contribution >= 4 is 23.2 Å². The summed E-state index contributed by atoms with van der Waals surface area (Å²) in [5, 5.41) is 0.579. The molecule has 0 N–H and O–H groups in total. The number of nitrogens with zero attached hydrogens (tertiary/aromatic N) is 1. The molecule has 2 rings (SSSR count). The predicted octanol–water partition coefficient (Wildman–Crippen LogP) is 3.81. The third kappa shape index (κ3) is 3.50. The van der Waals surface area contributed by atoms with Crippen LogP contribution in [-0.2, 0) is 10.6 Å². The average Bonchev–Trinajstić information content (AvgIpc) is 2.41. The van der Waals surface area contributed by atoms with Crippen molar-refractivity contribution in [1.82, 2.24) is 4.98 Å². The monoisotopic (exact) mass is 289 g/mol. The average molecular weight is 290 g/mol. The normalized spacial score (nSPS) is 23.9. The summed E-state index contributed by atoms with van der Waals surface area (Å²) in [5.41, 5.74) is 0.662. The molecule has 18 heavy (non-hydrogen) atoms. The van der Waals surface area contributed by atoms with Gasteiger partial charge in [-0.1, -0.05) is 11.6 Å². The van der Waals surface area contributed by atoms with Crippen molar-refractivity contribution in [2.24, 2.45) is 0 Å². The second-order valence-corrected chi connectivity index (χ2v) is 5.15. The highest BCUT2D eigenvalue weighted by Crippen LogP contribution is 2.26. The van der Waals surface area contributed by atoms with Gasteiger partial charge in [-0.25, -0.2) is 4.98 Å². The van der Waals surface area contributed by atoms with Crippen molar-refractivity contribution in [3.05, 3.63) is 22.8 Å². The van der Waals surface area contributed by atoms with E-state index in [2.05, 4.69) is 4.98 Å². The third-order valence-electron chi connectivity index (χ3n) is 3.22. The number of aromatic nitrogens is 1. The van der Waals surface area contributed by atoms with Gasteiger partial charge in [0.1, 0.15) is 6.10 Å². The zero-order valence-electron chi connectivity index (χ0n) is 10.4. The second kappa shape index (κ2) is 6.60. The maximum absolute atomic E-state index is 5.96. The first-order chi connectivity index (χ1) is 8.72. The van der Waals surface area contributed by atoms with Gasteiger partial charge in [0.05, 0.1) is 22.7 Å². The summed E-state index contributed by atoms with van der Waals surface area (Å²) < 4.78 is 11.3. The van der Waals surface area contributed by atoms with Crippen LogP contribution >= 0.6 is 23.2 Å². The van der Waals surface area contributed by atoms with Crippen LogP contribution in [0.25, 0.3) is 0 Å².